The normalized spacial score (nSPS) is 10.3. The molecule has 5 nitrogen and oxygen atoms in total. The molecule has 0 bridgehead atoms. The lowest BCUT2D eigenvalue weighted by Gasteiger charge is -2.06. The molecule has 0 saturated carbocycles. The maximum atomic E-state index is 12.0. The second-order valence-electron chi connectivity index (χ2n) is 5.27. The number of ketones is 1. The number of aromatic nitrogens is 2. The molecule has 0 saturated heterocycles. The van der Waals surface area contributed by atoms with Gasteiger partial charge in [-0.3, -0.25) is 9.48 Å². The highest BCUT2D eigenvalue weighted by molar-refractivity contribution is 5.99. The largest absolute Gasteiger partial charge is 0.454 e. The predicted octanol–water partition coefficient (Wildman–Crippen LogP) is 2.97. The monoisotopic (exact) mass is 320 g/mol. The van der Waals surface area contributed by atoms with E-state index in [0.29, 0.717) is 17.7 Å². The second kappa shape index (κ2) is 7.37. The van der Waals surface area contributed by atoms with Gasteiger partial charge in [0, 0.05) is 18.0 Å². The Bertz CT molecular complexity index is 810. The zero-order chi connectivity index (χ0) is 16.8. The SMILES string of the molecule is O=C(COC(=O)c1ccc(Cn2cccn2)cc1)c1ccccc1. The first-order valence-corrected chi connectivity index (χ1v) is 7.54. The minimum atomic E-state index is -0.509. The van der Waals surface area contributed by atoms with E-state index in [0.717, 1.165) is 5.56 Å². The number of benzene rings is 2. The molecular weight excluding hydrogens is 304 g/mol. The van der Waals surface area contributed by atoms with Gasteiger partial charge >= 0.3 is 5.97 Å². The minimum Gasteiger partial charge on any atom is -0.454 e. The van der Waals surface area contributed by atoms with Crippen molar-refractivity contribution >= 4 is 11.8 Å². The first kappa shape index (κ1) is 15.7. The molecule has 0 atom stereocenters. The molecule has 3 rings (SSSR count). The Kier molecular flexibility index (Phi) is 4.81. The number of hydrogen-bond donors (Lipinski definition) is 0. The summed E-state index contributed by atoms with van der Waals surface area (Å²) in [4.78, 5) is 23.9. The highest BCUT2D eigenvalue weighted by Gasteiger charge is 2.11. The summed E-state index contributed by atoms with van der Waals surface area (Å²) in [5, 5.41) is 4.13. The third-order valence-electron chi connectivity index (χ3n) is 3.52. The summed E-state index contributed by atoms with van der Waals surface area (Å²) in [5.41, 5.74) is 1.97. The van der Waals surface area contributed by atoms with Crippen molar-refractivity contribution in [3.63, 3.8) is 0 Å². The zero-order valence-electron chi connectivity index (χ0n) is 13.0. The van der Waals surface area contributed by atoms with Crippen LogP contribution in [-0.4, -0.2) is 28.1 Å². The third kappa shape index (κ3) is 3.95. The van der Waals surface area contributed by atoms with Crippen molar-refractivity contribution < 1.29 is 14.3 Å². The van der Waals surface area contributed by atoms with E-state index in [2.05, 4.69) is 5.10 Å². The van der Waals surface area contributed by atoms with Gasteiger partial charge in [-0.15, -0.1) is 0 Å². The topological polar surface area (TPSA) is 61.2 Å². The molecule has 0 aliphatic carbocycles. The average Bonchev–Trinajstić information content (AvgIpc) is 3.14. The van der Waals surface area contributed by atoms with Crippen molar-refractivity contribution in [1.82, 2.24) is 9.78 Å². The summed E-state index contributed by atoms with van der Waals surface area (Å²) in [6, 6.07) is 17.7. The lowest BCUT2D eigenvalue weighted by atomic mass is 10.1. The lowest BCUT2D eigenvalue weighted by molar-refractivity contribution is 0.0475. The summed E-state index contributed by atoms with van der Waals surface area (Å²) < 4.78 is 6.88. The van der Waals surface area contributed by atoms with Gasteiger partial charge in [-0.25, -0.2) is 4.79 Å². The summed E-state index contributed by atoms with van der Waals surface area (Å²) >= 11 is 0. The maximum absolute atomic E-state index is 12.0. The summed E-state index contributed by atoms with van der Waals surface area (Å²) in [6.07, 6.45) is 3.59. The Hall–Kier alpha value is -3.21. The van der Waals surface area contributed by atoms with Crippen LogP contribution in [0.4, 0.5) is 0 Å². The van der Waals surface area contributed by atoms with Gasteiger partial charge in [-0.1, -0.05) is 42.5 Å². The van der Waals surface area contributed by atoms with Crippen molar-refractivity contribution in [2.45, 2.75) is 6.54 Å². The highest BCUT2D eigenvalue weighted by Crippen LogP contribution is 2.08. The van der Waals surface area contributed by atoms with Gasteiger partial charge in [0.1, 0.15) is 0 Å². The summed E-state index contributed by atoms with van der Waals surface area (Å²) in [5.74, 6) is -0.732. The molecule has 2 aromatic carbocycles. The molecule has 5 heteroatoms. The van der Waals surface area contributed by atoms with Crippen LogP contribution in [0.1, 0.15) is 26.3 Å². The number of esters is 1. The number of carbonyl (C=O) groups is 2. The number of ether oxygens (including phenoxy) is 1. The number of nitrogens with zero attached hydrogens (tertiary/aromatic N) is 2. The van der Waals surface area contributed by atoms with E-state index in [-0.39, 0.29) is 12.4 Å². The molecule has 0 amide bonds. The summed E-state index contributed by atoms with van der Waals surface area (Å²) in [6.45, 7) is 0.368. The maximum Gasteiger partial charge on any atom is 0.338 e. The van der Waals surface area contributed by atoms with Crippen molar-refractivity contribution in [3.8, 4) is 0 Å². The van der Waals surface area contributed by atoms with Crippen LogP contribution in [0.3, 0.4) is 0 Å². The summed E-state index contributed by atoms with van der Waals surface area (Å²) in [7, 11) is 0. The molecule has 0 radical (unpaired) electrons. The van der Waals surface area contributed by atoms with Gasteiger partial charge in [0.25, 0.3) is 0 Å². The minimum absolute atomic E-state index is 0.223. The van der Waals surface area contributed by atoms with Crippen molar-refractivity contribution in [3.05, 3.63) is 89.7 Å². The van der Waals surface area contributed by atoms with Crippen LogP contribution in [0.2, 0.25) is 0 Å². The Morgan fingerprint density at radius 3 is 2.33 bits per heavy atom. The van der Waals surface area contributed by atoms with E-state index < -0.39 is 5.97 Å². The van der Waals surface area contributed by atoms with E-state index in [1.807, 2.05) is 30.5 Å². The smallest absolute Gasteiger partial charge is 0.338 e. The van der Waals surface area contributed by atoms with Crippen LogP contribution < -0.4 is 0 Å². The molecule has 1 heterocycles. The molecule has 1 aromatic heterocycles. The lowest BCUT2D eigenvalue weighted by Crippen LogP contribution is -2.14. The number of hydrogen-bond acceptors (Lipinski definition) is 4. The molecule has 0 fully saturated rings. The van der Waals surface area contributed by atoms with Crippen molar-refractivity contribution in [2.75, 3.05) is 6.61 Å². The molecule has 3 aromatic rings. The molecule has 24 heavy (non-hydrogen) atoms. The van der Waals surface area contributed by atoms with Crippen molar-refractivity contribution in [2.24, 2.45) is 0 Å². The molecule has 0 unspecified atom stereocenters. The van der Waals surface area contributed by atoms with Gasteiger partial charge in [0.2, 0.25) is 0 Å². The Balaban J connectivity index is 1.56. The van der Waals surface area contributed by atoms with Crippen LogP contribution in [0.15, 0.2) is 73.1 Å². The third-order valence-corrected chi connectivity index (χ3v) is 3.52. The van der Waals surface area contributed by atoms with Crippen LogP contribution >= 0.6 is 0 Å². The average molecular weight is 320 g/mol. The molecule has 0 N–H and O–H groups in total. The van der Waals surface area contributed by atoms with E-state index in [1.54, 1.807) is 47.3 Å². The molecule has 0 aliphatic heterocycles. The fraction of sp³-hybridized carbons (Fsp3) is 0.105. The van der Waals surface area contributed by atoms with Crippen LogP contribution in [0, 0.1) is 0 Å². The van der Waals surface area contributed by atoms with Crippen LogP contribution in [0.5, 0.6) is 0 Å². The number of rotatable bonds is 6. The molecular formula is C19H16N2O3. The van der Waals surface area contributed by atoms with Gasteiger partial charge in [-0.05, 0) is 23.8 Å². The number of carbonyl (C=O) groups excluding carboxylic acids is 2. The van der Waals surface area contributed by atoms with E-state index >= 15 is 0 Å². The second-order valence-corrected chi connectivity index (χ2v) is 5.27. The van der Waals surface area contributed by atoms with Crippen molar-refractivity contribution in [1.29, 1.82) is 0 Å². The molecule has 0 spiro atoms. The fourth-order valence-corrected chi connectivity index (χ4v) is 2.25. The molecule has 120 valence electrons. The van der Waals surface area contributed by atoms with E-state index in [9.17, 15) is 9.59 Å². The van der Waals surface area contributed by atoms with Gasteiger partial charge in [0.05, 0.1) is 12.1 Å². The Morgan fingerprint density at radius 1 is 0.917 bits per heavy atom. The number of Topliss-reactive ketones (excluding diaryl/α,β-unsaturated/α-hetero) is 1. The van der Waals surface area contributed by atoms with E-state index in [4.69, 9.17) is 4.74 Å². The van der Waals surface area contributed by atoms with Crippen LogP contribution in [0.25, 0.3) is 0 Å². The van der Waals surface area contributed by atoms with Gasteiger partial charge in [0.15, 0.2) is 12.4 Å². The molecule has 0 aliphatic rings. The Morgan fingerprint density at radius 2 is 1.67 bits per heavy atom. The highest BCUT2D eigenvalue weighted by atomic mass is 16.5. The zero-order valence-corrected chi connectivity index (χ0v) is 13.0. The Labute approximate surface area is 139 Å². The van der Waals surface area contributed by atoms with Gasteiger partial charge < -0.3 is 4.74 Å². The predicted molar refractivity (Wildman–Crippen MR) is 88.8 cm³/mol. The first-order valence-electron chi connectivity index (χ1n) is 7.54. The first-order chi connectivity index (χ1) is 11.7. The standard InChI is InChI=1S/C19H16N2O3/c22-18(16-5-2-1-3-6-16)14-24-19(23)17-9-7-15(8-10-17)13-21-12-4-11-20-21/h1-12H,13-14H2. The fourth-order valence-electron chi connectivity index (χ4n) is 2.25. The van der Waals surface area contributed by atoms with Gasteiger partial charge in [-0.2, -0.15) is 5.10 Å². The van der Waals surface area contributed by atoms with E-state index in [1.165, 1.54) is 0 Å². The van der Waals surface area contributed by atoms with Crippen LogP contribution in [-0.2, 0) is 11.3 Å². The quantitative estimate of drug-likeness (QED) is 0.517.